The molecule has 0 atom stereocenters. The molecule has 0 aromatic heterocycles. The van der Waals surface area contributed by atoms with Crippen molar-refractivity contribution in [1.82, 2.24) is 0 Å². The van der Waals surface area contributed by atoms with Crippen LogP contribution in [0, 0.1) is 0 Å². The molecule has 0 spiro atoms. The molecule has 0 aromatic carbocycles. The minimum absolute atomic E-state index is 0. The van der Waals surface area contributed by atoms with Crippen LogP contribution in [0.25, 0.3) is 0 Å². The second-order valence-electron chi connectivity index (χ2n) is 0. The molecule has 4 heavy (non-hydrogen) atoms. The molecule has 0 heterocycles. The zero-order valence-corrected chi connectivity index (χ0v) is 3.66. The SMILES string of the molecule is [Li+].[O-2].[O-2].[V]. The minimum Gasteiger partial charge on any atom is -2.00 e. The summed E-state index contributed by atoms with van der Waals surface area (Å²) in [6, 6.07) is 0. The summed E-state index contributed by atoms with van der Waals surface area (Å²) in [4.78, 5) is 0. The van der Waals surface area contributed by atoms with Crippen LogP contribution in [0.2, 0.25) is 0 Å². The fraction of sp³-hybridized carbons (Fsp3) is 0. The van der Waals surface area contributed by atoms with E-state index in [1.54, 1.807) is 0 Å². The summed E-state index contributed by atoms with van der Waals surface area (Å²) in [5.74, 6) is 0. The van der Waals surface area contributed by atoms with Gasteiger partial charge >= 0.3 is 18.9 Å². The van der Waals surface area contributed by atoms with Crippen LogP contribution in [-0.4, -0.2) is 0 Å². The molecule has 0 fully saturated rings. The third kappa shape index (κ3) is 11.3. The van der Waals surface area contributed by atoms with Crippen LogP contribution in [-0.2, 0) is 29.5 Å². The Kier molecular flexibility index (Phi) is 575. The summed E-state index contributed by atoms with van der Waals surface area (Å²) in [5.41, 5.74) is 0. The average molecular weight is 89.9 g/mol. The number of hydrogen-bond donors (Lipinski definition) is 0. The van der Waals surface area contributed by atoms with E-state index >= 15 is 0 Å². The standard InChI is InChI=1S/Li.2O.V/q+1;2*-2;. The molecule has 1 radical (unpaired) electrons. The second-order valence-corrected chi connectivity index (χ2v) is 0. The van der Waals surface area contributed by atoms with Crippen molar-refractivity contribution in [3.63, 3.8) is 0 Å². The molecule has 21 valence electrons. The summed E-state index contributed by atoms with van der Waals surface area (Å²) < 4.78 is 0. The van der Waals surface area contributed by atoms with Gasteiger partial charge < -0.3 is 11.0 Å². The molecule has 0 bridgehead atoms. The second kappa shape index (κ2) is 32.5. The Hall–Kier alpha value is 1.10. The third-order valence-electron chi connectivity index (χ3n) is 0. The van der Waals surface area contributed by atoms with E-state index in [2.05, 4.69) is 0 Å². The maximum atomic E-state index is 0. The van der Waals surface area contributed by atoms with Gasteiger partial charge in [-0.1, -0.05) is 0 Å². The maximum Gasteiger partial charge on any atom is 1.00 e. The van der Waals surface area contributed by atoms with Gasteiger partial charge in [-0.15, -0.1) is 0 Å². The van der Waals surface area contributed by atoms with E-state index in [1.165, 1.54) is 0 Å². The van der Waals surface area contributed by atoms with Crippen molar-refractivity contribution < 1.29 is 48.4 Å². The summed E-state index contributed by atoms with van der Waals surface area (Å²) in [6.45, 7) is 0. The Labute approximate surface area is 48.6 Å². The molecule has 0 unspecified atom stereocenters. The largest absolute Gasteiger partial charge is 2.00 e. The van der Waals surface area contributed by atoms with Gasteiger partial charge in [-0.05, 0) is 0 Å². The van der Waals surface area contributed by atoms with Crippen molar-refractivity contribution in [3.8, 4) is 0 Å². The zero-order chi connectivity index (χ0) is 0. The molecule has 0 aliphatic rings. The molecule has 0 amide bonds. The first kappa shape index (κ1) is 70.7. The van der Waals surface area contributed by atoms with Crippen molar-refractivity contribution in [2.45, 2.75) is 0 Å². The Morgan fingerprint density at radius 3 is 0.750 bits per heavy atom. The topological polar surface area (TPSA) is 57.0 Å². The van der Waals surface area contributed by atoms with Crippen molar-refractivity contribution in [3.05, 3.63) is 0 Å². The van der Waals surface area contributed by atoms with Crippen LogP contribution in [0.15, 0.2) is 0 Å². The van der Waals surface area contributed by atoms with Gasteiger partial charge in [0.25, 0.3) is 0 Å². The van der Waals surface area contributed by atoms with E-state index in [0.717, 1.165) is 0 Å². The summed E-state index contributed by atoms with van der Waals surface area (Å²) in [5, 5.41) is 0. The molecular formula is LiO2V-3. The molecule has 2 nitrogen and oxygen atoms in total. The molecular weight excluding hydrogens is 89.9 g/mol. The van der Waals surface area contributed by atoms with Crippen molar-refractivity contribution >= 4 is 0 Å². The Bertz CT molecular complexity index is 6.00. The third-order valence-corrected chi connectivity index (χ3v) is 0. The van der Waals surface area contributed by atoms with Gasteiger partial charge in [0.05, 0.1) is 0 Å². The number of rotatable bonds is 0. The number of hydrogen-bond acceptors (Lipinski definition) is 0. The van der Waals surface area contributed by atoms with Crippen molar-refractivity contribution in [2.24, 2.45) is 0 Å². The Balaban J connectivity index is 0. The van der Waals surface area contributed by atoms with E-state index in [1.807, 2.05) is 0 Å². The molecule has 0 aliphatic carbocycles. The average Bonchev–Trinajstić information content (AvgIpc) is 0. The van der Waals surface area contributed by atoms with Gasteiger partial charge in [-0.3, -0.25) is 0 Å². The van der Waals surface area contributed by atoms with Gasteiger partial charge in [0, 0.05) is 18.6 Å². The van der Waals surface area contributed by atoms with Crippen LogP contribution in [0.5, 0.6) is 0 Å². The summed E-state index contributed by atoms with van der Waals surface area (Å²) in [7, 11) is 0. The quantitative estimate of drug-likeness (QED) is 0.281. The fourth-order valence-electron chi connectivity index (χ4n) is 0. The van der Waals surface area contributed by atoms with E-state index in [9.17, 15) is 0 Å². The molecule has 0 rings (SSSR count). The van der Waals surface area contributed by atoms with Gasteiger partial charge in [0.1, 0.15) is 0 Å². The monoisotopic (exact) mass is 90.0 g/mol. The van der Waals surface area contributed by atoms with Gasteiger partial charge in [-0.2, -0.15) is 0 Å². The zero-order valence-electron chi connectivity index (χ0n) is 2.26. The molecule has 0 aromatic rings. The predicted octanol–water partition coefficient (Wildman–Crippen LogP) is -3.24. The maximum absolute atomic E-state index is 0. The predicted molar refractivity (Wildman–Crippen MR) is 1.37 cm³/mol. The van der Waals surface area contributed by atoms with E-state index in [0.29, 0.717) is 0 Å². The van der Waals surface area contributed by atoms with E-state index in [4.69, 9.17) is 0 Å². The minimum atomic E-state index is 0. The van der Waals surface area contributed by atoms with Crippen molar-refractivity contribution in [2.75, 3.05) is 0 Å². The Morgan fingerprint density at radius 2 is 0.750 bits per heavy atom. The van der Waals surface area contributed by atoms with Crippen molar-refractivity contribution in [1.29, 1.82) is 0 Å². The first-order valence-electron chi connectivity index (χ1n) is 0. The Morgan fingerprint density at radius 1 is 0.750 bits per heavy atom. The van der Waals surface area contributed by atoms with Gasteiger partial charge in [0.2, 0.25) is 0 Å². The van der Waals surface area contributed by atoms with Gasteiger partial charge in [-0.25, -0.2) is 0 Å². The van der Waals surface area contributed by atoms with E-state index in [-0.39, 0.29) is 48.4 Å². The first-order valence-corrected chi connectivity index (χ1v) is 0. The molecule has 0 N–H and O–H groups in total. The fourth-order valence-corrected chi connectivity index (χ4v) is 0. The smallest absolute Gasteiger partial charge is 1.00 e. The van der Waals surface area contributed by atoms with Crippen LogP contribution in [0.1, 0.15) is 0 Å². The molecule has 4 heteroatoms. The van der Waals surface area contributed by atoms with Crippen LogP contribution in [0.4, 0.5) is 0 Å². The summed E-state index contributed by atoms with van der Waals surface area (Å²) >= 11 is 0. The van der Waals surface area contributed by atoms with Crippen LogP contribution >= 0.6 is 0 Å². The van der Waals surface area contributed by atoms with Crippen LogP contribution < -0.4 is 18.9 Å². The van der Waals surface area contributed by atoms with Gasteiger partial charge in [0.15, 0.2) is 0 Å². The molecule has 0 aliphatic heterocycles. The van der Waals surface area contributed by atoms with E-state index < -0.39 is 0 Å². The first-order chi connectivity index (χ1) is 0. The molecule has 0 saturated heterocycles. The molecule has 0 saturated carbocycles. The normalized spacial score (nSPS) is 0. The summed E-state index contributed by atoms with van der Waals surface area (Å²) in [6.07, 6.45) is 0. The van der Waals surface area contributed by atoms with Crippen LogP contribution in [0.3, 0.4) is 0 Å².